The minimum atomic E-state index is -1.26. The summed E-state index contributed by atoms with van der Waals surface area (Å²) in [5, 5.41) is 15.6. The summed E-state index contributed by atoms with van der Waals surface area (Å²) in [5.41, 5.74) is 3.92. The smallest absolute Gasteiger partial charge is 0.328 e. The van der Waals surface area contributed by atoms with Crippen molar-refractivity contribution in [3.05, 3.63) is 113 Å². The van der Waals surface area contributed by atoms with Crippen LogP contribution in [0.3, 0.4) is 0 Å². The Morgan fingerprint density at radius 2 is 1.52 bits per heavy atom. The molecule has 0 radical (unpaired) electrons. The number of benzene rings is 3. The minimum Gasteiger partial charge on any atom is -0.497 e. The molecule has 3 aromatic rings. The van der Waals surface area contributed by atoms with Gasteiger partial charge in [-0.15, -0.1) is 0 Å². The van der Waals surface area contributed by atoms with Crippen LogP contribution in [0.4, 0.5) is 8.78 Å². The molecule has 44 heavy (non-hydrogen) atoms. The van der Waals surface area contributed by atoms with E-state index in [0.717, 1.165) is 42.7 Å². The van der Waals surface area contributed by atoms with Crippen LogP contribution in [0.15, 0.2) is 78.9 Å². The van der Waals surface area contributed by atoms with Crippen LogP contribution >= 0.6 is 0 Å². The molecule has 10 heteroatoms. The van der Waals surface area contributed by atoms with E-state index in [1.165, 1.54) is 35.4 Å². The van der Waals surface area contributed by atoms with Crippen molar-refractivity contribution in [2.75, 3.05) is 40.5 Å². The van der Waals surface area contributed by atoms with Crippen molar-refractivity contribution in [1.29, 1.82) is 0 Å². The summed E-state index contributed by atoms with van der Waals surface area (Å²) in [6, 6.07) is 18.8. The number of carboxylic acid groups (broad SMARTS) is 2. The number of rotatable bonds is 13. The Morgan fingerprint density at radius 3 is 2.02 bits per heavy atom. The molecule has 0 saturated carbocycles. The molecule has 0 aliphatic carbocycles. The minimum absolute atomic E-state index is 0.300. The van der Waals surface area contributed by atoms with Gasteiger partial charge in [-0.25, -0.2) is 18.4 Å². The van der Waals surface area contributed by atoms with Crippen LogP contribution < -0.4 is 4.74 Å². The Bertz CT molecular complexity index is 1330. The second kappa shape index (κ2) is 16.7. The molecule has 1 heterocycles. The molecule has 0 bridgehead atoms. The van der Waals surface area contributed by atoms with Crippen molar-refractivity contribution in [2.24, 2.45) is 0 Å². The summed E-state index contributed by atoms with van der Waals surface area (Å²) in [6.07, 6.45) is 3.38. The molecule has 0 spiro atoms. The number of hydrogen-bond donors (Lipinski definition) is 2. The Kier molecular flexibility index (Phi) is 13.0. The molecule has 0 aromatic heterocycles. The highest BCUT2D eigenvalue weighted by atomic mass is 19.1. The lowest BCUT2D eigenvalue weighted by atomic mass is 9.81. The number of methoxy groups -OCH3 is 1. The van der Waals surface area contributed by atoms with Crippen molar-refractivity contribution in [3.8, 4) is 5.75 Å². The van der Waals surface area contributed by atoms with Crippen LogP contribution in [-0.2, 0) is 31.1 Å². The second-order valence-electron chi connectivity index (χ2n) is 10.4. The highest BCUT2D eigenvalue weighted by molar-refractivity contribution is 5.89. The zero-order chi connectivity index (χ0) is 32.1. The molecule has 0 saturated heterocycles. The highest BCUT2D eigenvalue weighted by Gasteiger charge is 2.36. The fourth-order valence-corrected chi connectivity index (χ4v) is 5.07. The monoisotopic (exact) mass is 611 g/mol. The predicted molar refractivity (Wildman–Crippen MR) is 162 cm³/mol. The van der Waals surface area contributed by atoms with E-state index in [1.807, 2.05) is 6.07 Å². The van der Waals surface area contributed by atoms with Gasteiger partial charge in [0.05, 0.1) is 25.9 Å². The Morgan fingerprint density at radius 1 is 0.955 bits per heavy atom. The maximum Gasteiger partial charge on any atom is 0.328 e. The highest BCUT2D eigenvalue weighted by Crippen LogP contribution is 2.40. The predicted octanol–water partition coefficient (Wildman–Crippen LogP) is 5.99. The first-order chi connectivity index (χ1) is 21.1. The van der Waals surface area contributed by atoms with Crippen molar-refractivity contribution >= 4 is 11.9 Å². The zero-order valence-electron chi connectivity index (χ0n) is 25.2. The van der Waals surface area contributed by atoms with Gasteiger partial charge in [0.15, 0.2) is 0 Å². The van der Waals surface area contributed by atoms with Gasteiger partial charge in [-0.2, -0.15) is 0 Å². The molecular formula is C34H39F2NO7. The van der Waals surface area contributed by atoms with Gasteiger partial charge in [0.2, 0.25) is 0 Å². The van der Waals surface area contributed by atoms with Crippen LogP contribution in [0.25, 0.3) is 0 Å². The van der Waals surface area contributed by atoms with Crippen LogP contribution in [0, 0.1) is 11.6 Å². The van der Waals surface area contributed by atoms with Crippen LogP contribution in [-0.4, -0.2) is 67.5 Å². The molecule has 0 fully saturated rings. The molecule has 1 aliphatic rings. The lowest BCUT2D eigenvalue weighted by Gasteiger charge is -2.40. The summed E-state index contributed by atoms with van der Waals surface area (Å²) >= 11 is 0. The van der Waals surface area contributed by atoms with Gasteiger partial charge in [0, 0.05) is 25.2 Å². The van der Waals surface area contributed by atoms with Gasteiger partial charge in [0.1, 0.15) is 23.5 Å². The third-order valence-electron chi connectivity index (χ3n) is 7.49. The Hall–Kier alpha value is -4.12. The van der Waals surface area contributed by atoms with Gasteiger partial charge < -0.3 is 29.3 Å². The number of ether oxygens (including phenoxy) is 3. The number of hydrogen-bond acceptors (Lipinski definition) is 6. The van der Waals surface area contributed by atoms with Crippen LogP contribution in [0.2, 0.25) is 0 Å². The Labute approximate surface area is 256 Å². The third-order valence-corrected chi connectivity index (χ3v) is 7.49. The lowest BCUT2D eigenvalue weighted by Crippen LogP contribution is -2.38. The zero-order valence-corrected chi connectivity index (χ0v) is 25.2. The van der Waals surface area contributed by atoms with Crippen LogP contribution in [0.5, 0.6) is 5.75 Å². The maximum absolute atomic E-state index is 13.5. The molecule has 8 nitrogen and oxygen atoms in total. The Balaban J connectivity index is 0.000000583. The molecule has 1 atom stereocenters. The fourth-order valence-electron chi connectivity index (χ4n) is 5.07. The lowest BCUT2D eigenvalue weighted by molar-refractivity contribution is -0.134. The summed E-state index contributed by atoms with van der Waals surface area (Å²) in [4.78, 5) is 21.3. The molecular weight excluding hydrogens is 572 g/mol. The van der Waals surface area contributed by atoms with Crippen molar-refractivity contribution < 1.29 is 42.8 Å². The fraction of sp³-hybridized carbons (Fsp3) is 0.353. The van der Waals surface area contributed by atoms with Gasteiger partial charge in [-0.05, 0) is 85.0 Å². The van der Waals surface area contributed by atoms with Gasteiger partial charge in [-0.3, -0.25) is 0 Å². The molecule has 2 N–H and O–H groups in total. The van der Waals surface area contributed by atoms with Gasteiger partial charge in [-0.1, -0.05) is 37.3 Å². The van der Waals surface area contributed by atoms with Crippen LogP contribution in [0.1, 0.15) is 48.1 Å². The summed E-state index contributed by atoms with van der Waals surface area (Å²) < 4.78 is 45.0. The van der Waals surface area contributed by atoms with E-state index < -0.39 is 18.0 Å². The third kappa shape index (κ3) is 9.97. The molecule has 0 amide bonds. The quantitative estimate of drug-likeness (QED) is 0.227. The largest absolute Gasteiger partial charge is 0.497 e. The first-order valence-corrected chi connectivity index (χ1v) is 14.3. The SMILES string of the molecule is CCC1(CCN(C)CCOC(c2ccc(F)cc2)c2ccc(F)cc2)OCCc2cc(OC)ccc21.O=C(O)C=CC(=O)O. The summed E-state index contributed by atoms with van der Waals surface area (Å²) in [7, 11) is 3.77. The van der Waals surface area contributed by atoms with E-state index in [-0.39, 0.29) is 17.2 Å². The molecule has 236 valence electrons. The van der Waals surface area contributed by atoms with E-state index in [9.17, 15) is 18.4 Å². The van der Waals surface area contributed by atoms with Crippen molar-refractivity contribution in [3.63, 3.8) is 0 Å². The number of nitrogens with zero attached hydrogens (tertiary/aromatic N) is 1. The second-order valence-corrected chi connectivity index (χ2v) is 10.4. The number of halogens is 2. The van der Waals surface area contributed by atoms with E-state index >= 15 is 0 Å². The molecule has 1 unspecified atom stereocenters. The first kappa shape index (κ1) is 34.4. The number of likely N-dealkylation sites (N-methyl/N-ethyl adjacent to an activating group) is 1. The topological polar surface area (TPSA) is 106 Å². The number of fused-ring (bicyclic) bond motifs is 1. The molecule has 1 aliphatic heterocycles. The first-order valence-electron chi connectivity index (χ1n) is 14.3. The summed E-state index contributed by atoms with van der Waals surface area (Å²) in [5.74, 6) is -2.23. The normalized spacial score (nSPS) is 16.0. The van der Waals surface area contributed by atoms with E-state index in [2.05, 4.69) is 31.0 Å². The average Bonchev–Trinajstić information content (AvgIpc) is 3.02. The van der Waals surface area contributed by atoms with Crippen molar-refractivity contribution in [2.45, 2.75) is 37.9 Å². The van der Waals surface area contributed by atoms with E-state index in [1.54, 1.807) is 31.4 Å². The maximum atomic E-state index is 13.5. The standard InChI is InChI=1S/C30H35F2NO3.C4H4O4/c1-4-30(28-14-13-27(34-3)21-24(28)15-19-36-30)16-17-33(2)18-20-35-29(22-5-9-25(31)10-6-22)23-7-11-26(32)12-8-23;5-3(6)1-2-4(7)8/h5-14,21,29H,4,15-20H2,1-3H3;1-2H,(H,5,6)(H,7,8). The number of aliphatic carboxylic acids is 2. The van der Waals surface area contributed by atoms with Gasteiger partial charge in [0.25, 0.3) is 0 Å². The molecule has 4 rings (SSSR count). The van der Waals surface area contributed by atoms with Gasteiger partial charge >= 0.3 is 11.9 Å². The number of carboxylic acids is 2. The number of carbonyl (C=O) groups is 2. The van der Waals surface area contributed by atoms with Crippen molar-refractivity contribution in [1.82, 2.24) is 4.90 Å². The van der Waals surface area contributed by atoms with E-state index in [4.69, 9.17) is 24.4 Å². The average molecular weight is 612 g/mol. The van der Waals surface area contributed by atoms with E-state index in [0.29, 0.717) is 31.9 Å². The molecule has 3 aromatic carbocycles. The summed E-state index contributed by atoms with van der Waals surface area (Å²) in [6.45, 7) is 4.93.